The third-order valence-electron chi connectivity index (χ3n) is 3.15. The van der Waals surface area contributed by atoms with E-state index in [1.165, 1.54) is 43.7 Å². The zero-order chi connectivity index (χ0) is 11.4. The molecule has 88 valence electrons. The Bertz CT molecular complexity index is 327. The first-order valence-electron chi connectivity index (χ1n) is 6.46. The zero-order valence-corrected chi connectivity index (χ0v) is 10.4. The Morgan fingerprint density at radius 2 is 2.00 bits per heavy atom. The maximum absolute atomic E-state index is 4.58. The Morgan fingerprint density at radius 3 is 2.69 bits per heavy atom. The van der Waals surface area contributed by atoms with E-state index in [2.05, 4.69) is 35.9 Å². The molecule has 0 bridgehead atoms. The molecule has 0 N–H and O–H groups in total. The van der Waals surface area contributed by atoms with E-state index in [9.17, 15) is 0 Å². The molecule has 1 aromatic heterocycles. The molecule has 2 heteroatoms. The normalized spacial score (nSPS) is 16.8. The van der Waals surface area contributed by atoms with E-state index in [4.69, 9.17) is 0 Å². The SMILES string of the molecule is CC(C)Cc1cccnc1N1CCCCC1. The molecular weight excluding hydrogens is 196 g/mol. The lowest BCUT2D eigenvalue weighted by Crippen LogP contribution is -2.31. The number of piperidine rings is 1. The van der Waals surface area contributed by atoms with E-state index < -0.39 is 0 Å². The minimum atomic E-state index is 0.702. The molecule has 0 radical (unpaired) electrons. The van der Waals surface area contributed by atoms with Crippen molar-refractivity contribution in [3.05, 3.63) is 23.9 Å². The van der Waals surface area contributed by atoms with Gasteiger partial charge in [0, 0.05) is 19.3 Å². The number of aromatic nitrogens is 1. The van der Waals surface area contributed by atoms with Crippen LogP contribution in [-0.4, -0.2) is 18.1 Å². The van der Waals surface area contributed by atoms with E-state index in [0.29, 0.717) is 5.92 Å². The Morgan fingerprint density at radius 1 is 1.25 bits per heavy atom. The largest absolute Gasteiger partial charge is 0.356 e. The Balaban J connectivity index is 2.17. The van der Waals surface area contributed by atoms with Crippen molar-refractivity contribution < 1.29 is 0 Å². The van der Waals surface area contributed by atoms with Gasteiger partial charge >= 0.3 is 0 Å². The van der Waals surface area contributed by atoms with Crippen LogP contribution < -0.4 is 4.90 Å². The van der Waals surface area contributed by atoms with Crippen molar-refractivity contribution in [2.24, 2.45) is 5.92 Å². The van der Waals surface area contributed by atoms with Gasteiger partial charge in [-0.2, -0.15) is 0 Å². The van der Waals surface area contributed by atoms with Crippen molar-refractivity contribution in [2.45, 2.75) is 39.5 Å². The van der Waals surface area contributed by atoms with Gasteiger partial charge in [-0.3, -0.25) is 0 Å². The van der Waals surface area contributed by atoms with Gasteiger partial charge in [-0.1, -0.05) is 19.9 Å². The molecule has 1 fully saturated rings. The fraction of sp³-hybridized carbons (Fsp3) is 0.643. The van der Waals surface area contributed by atoms with Crippen LogP contribution in [0.3, 0.4) is 0 Å². The van der Waals surface area contributed by atoms with E-state index >= 15 is 0 Å². The van der Waals surface area contributed by atoms with Crippen LogP contribution in [0.4, 0.5) is 5.82 Å². The summed E-state index contributed by atoms with van der Waals surface area (Å²) in [5, 5.41) is 0. The van der Waals surface area contributed by atoms with Gasteiger partial charge in [0.1, 0.15) is 5.82 Å². The maximum Gasteiger partial charge on any atom is 0.131 e. The molecule has 1 aliphatic heterocycles. The predicted octanol–water partition coefficient (Wildman–Crippen LogP) is 3.27. The second-order valence-corrected chi connectivity index (χ2v) is 5.13. The molecule has 16 heavy (non-hydrogen) atoms. The van der Waals surface area contributed by atoms with E-state index in [1.807, 2.05) is 6.20 Å². The number of pyridine rings is 1. The van der Waals surface area contributed by atoms with Crippen molar-refractivity contribution in [3.63, 3.8) is 0 Å². The second-order valence-electron chi connectivity index (χ2n) is 5.13. The van der Waals surface area contributed by atoms with Gasteiger partial charge in [-0.15, -0.1) is 0 Å². The standard InChI is InChI=1S/C14H22N2/c1-12(2)11-13-7-6-8-15-14(13)16-9-4-3-5-10-16/h6-8,12H,3-5,9-11H2,1-2H3. The molecular formula is C14H22N2. The average molecular weight is 218 g/mol. The third-order valence-corrected chi connectivity index (χ3v) is 3.15. The summed E-state index contributed by atoms with van der Waals surface area (Å²) in [7, 11) is 0. The molecule has 0 spiro atoms. The Kier molecular flexibility index (Phi) is 3.81. The summed E-state index contributed by atoms with van der Waals surface area (Å²) in [5.41, 5.74) is 1.42. The molecule has 0 amide bonds. The van der Waals surface area contributed by atoms with Gasteiger partial charge in [0.15, 0.2) is 0 Å². The van der Waals surface area contributed by atoms with Crippen LogP contribution in [0.2, 0.25) is 0 Å². The number of hydrogen-bond acceptors (Lipinski definition) is 2. The van der Waals surface area contributed by atoms with E-state index in [1.54, 1.807) is 0 Å². The highest BCUT2D eigenvalue weighted by atomic mass is 15.2. The molecule has 0 atom stereocenters. The molecule has 0 saturated carbocycles. The third kappa shape index (κ3) is 2.75. The minimum Gasteiger partial charge on any atom is -0.356 e. The second kappa shape index (κ2) is 5.33. The smallest absolute Gasteiger partial charge is 0.131 e. The average Bonchev–Trinajstić information content (AvgIpc) is 2.30. The fourth-order valence-electron chi connectivity index (χ4n) is 2.42. The quantitative estimate of drug-likeness (QED) is 0.774. The van der Waals surface area contributed by atoms with Crippen LogP contribution in [0.5, 0.6) is 0 Å². The highest BCUT2D eigenvalue weighted by Gasteiger charge is 2.15. The van der Waals surface area contributed by atoms with Crippen LogP contribution in [0, 0.1) is 5.92 Å². The summed E-state index contributed by atoms with van der Waals surface area (Å²) in [6.45, 7) is 6.91. The first-order valence-corrected chi connectivity index (χ1v) is 6.46. The highest BCUT2D eigenvalue weighted by molar-refractivity contribution is 5.47. The van der Waals surface area contributed by atoms with Crippen LogP contribution in [0.25, 0.3) is 0 Å². The van der Waals surface area contributed by atoms with Gasteiger partial charge in [0.05, 0.1) is 0 Å². The number of anilines is 1. The van der Waals surface area contributed by atoms with Gasteiger partial charge < -0.3 is 4.90 Å². The summed E-state index contributed by atoms with van der Waals surface area (Å²) < 4.78 is 0. The number of nitrogens with zero attached hydrogens (tertiary/aromatic N) is 2. The van der Waals surface area contributed by atoms with Crippen LogP contribution >= 0.6 is 0 Å². The first kappa shape index (κ1) is 11.4. The Labute approximate surface area is 98.7 Å². The first-order chi connectivity index (χ1) is 7.77. The zero-order valence-electron chi connectivity index (χ0n) is 10.4. The summed E-state index contributed by atoms with van der Waals surface area (Å²) in [6, 6.07) is 4.29. The van der Waals surface area contributed by atoms with Crippen molar-refractivity contribution in [3.8, 4) is 0 Å². The molecule has 1 aliphatic rings. The van der Waals surface area contributed by atoms with Crippen molar-refractivity contribution in [1.82, 2.24) is 4.98 Å². The molecule has 2 rings (SSSR count). The monoisotopic (exact) mass is 218 g/mol. The summed E-state index contributed by atoms with van der Waals surface area (Å²) in [5.74, 6) is 1.93. The van der Waals surface area contributed by atoms with Crippen molar-refractivity contribution >= 4 is 5.82 Å². The van der Waals surface area contributed by atoms with E-state index in [0.717, 1.165) is 6.42 Å². The van der Waals surface area contributed by atoms with Gasteiger partial charge in [0.25, 0.3) is 0 Å². The Hall–Kier alpha value is -1.05. The molecule has 1 aromatic rings. The molecule has 2 heterocycles. The molecule has 2 nitrogen and oxygen atoms in total. The highest BCUT2D eigenvalue weighted by Crippen LogP contribution is 2.23. The minimum absolute atomic E-state index is 0.702. The molecule has 1 saturated heterocycles. The lowest BCUT2D eigenvalue weighted by Gasteiger charge is -2.29. The topological polar surface area (TPSA) is 16.1 Å². The lowest BCUT2D eigenvalue weighted by atomic mass is 10.0. The lowest BCUT2D eigenvalue weighted by molar-refractivity contribution is 0.567. The van der Waals surface area contributed by atoms with Crippen LogP contribution in [0.15, 0.2) is 18.3 Å². The van der Waals surface area contributed by atoms with Crippen molar-refractivity contribution in [1.29, 1.82) is 0 Å². The van der Waals surface area contributed by atoms with Gasteiger partial charge in [0.2, 0.25) is 0 Å². The van der Waals surface area contributed by atoms with Gasteiger partial charge in [-0.05, 0) is 43.2 Å². The van der Waals surface area contributed by atoms with E-state index in [-0.39, 0.29) is 0 Å². The summed E-state index contributed by atoms with van der Waals surface area (Å²) in [4.78, 5) is 7.04. The molecule has 0 unspecified atom stereocenters. The summed E-state index contributed by atoms with van der Waals surface area (Å²) >= 11 is 0. The number of hydrogen-bond donors (Lipinski definition) is 0. The van der Waals surface area contributed by atoms with Gasteiger partial charge in [-0.25, -0.2) is 4.98 Å². The maximum atomic E-state index is 4.58. The predicted molar refractivity (Wildman–Crippen MR) is 68.8 cm³/mol. The number of rotatable bonds is 3. The fourth-order valence-corrected chi connectivity index (χ4v) is 2.42. The molecule has 0 aromatic carbocycles. The molecule has 0 aliphatic carbocycles. The van der Waals surface area contributed by atoms with Crippen molar-refractivity contribution in [2.75, 3.05) is 18.0 Å². The van der Waals surface area contributed by atoms with Crippen LogP contribution in [-0.2, 0) is 6.42 Å². The van der Waals surface area contributed by atoms with Crippen LogP contribution in [0.1, 0.15) is 38.7 Å². The summed E-state index contributed by atoms with van der Waals surface area (Å²) in [6.07, 6.45) is 7.08.